The molecule has 1 unspecified atom stereocenters. The van der Waals surface area contributed by atoms with Crippen molar-refractivity contribution in [1.82, 2.24) is 0 Å². The normalized spacial score (nSPS) is 15.7. The summed E-state index contributed by atoms with van der Waals surface area (Å²) in [5.41, 5.74) is 0.997. The summed E-state index contributed by atoms with van der Waals surface area (Å²) in [4.78, 5) is 1.39. The van der Waals surface area contributed by atoms with Crippen molar-refractivity contribution in [2.75, 3.05) is 19.5 Å². The van der Waals surface area contributed by atoms with Crippen LogP contribution in [0.1, 0.15) is 23.8 Å². The number of methoxy groups -OCH3 is 2. The van der Waals surface area contributed by atoms with Crippen LogP contribution in [0.3, 0.4) is 0 Å². The molecule has 0 saturated heterocycles. The number of nitrogens with one attached hydrogen (secondary N) is 1. The topological polar surface area (TPSA) is 30.5 Å². The fraction of sp³-hybridized carbons (Fsp3) is 0.375. The fourth-order valence-corrected chi connectivity index (χ4v) is 3.28. The van der Waals surface area contributed by atoms with Gasteiger partial charge in [-0.1, -0.05) is 6.07 Å². The number of anilines is 1. The van der Waals surface area contributed by atoms with Gasteiger partial charge in [0.05, 0.1) is 25.9 Å². The Labute approximate surface area is 123 Å². The van der Waals surface area contributed by atoms with Crippen molar-refractivity contribution >= 4 is 17.0 Å². The lowest BCUT2D eigenvalue weighted by molar-refractivity contribution is 0.404. The van der Waals surface area contributed by atoms with Crippen LogP contribution in [0.15, 0.2) is 35.7 Å². The molecule has 3 rings (SSSR count). The van der Waals surface area contributed by atoms with E-state index in [0.717, 1.165) is 23.1 Å². The van der Waals surface area contributed by atoms with Gasteiger partial charge in [-0.15, -0.1) is 11.3 Å². The molecule has 1 heterocycles. The second-order valence-electron chi connectivity index (χ2n) is 5.04. The first kappa shape index (κ1) is 13.3. The molecule has 0 spiro atoms. The van der Waals surface area contributed by atoms with E-state index < -0.39 is 0 Å². The minimum atomic E-state index is 0.371. The van der Waals surface area contributed by atoms with Gasteiger partial charge in [-0.2, -0.15) is 0 Å². The molecule has 4 heteroatoms. The smallest absolute Gasteiger partial charge is 0.142 e. The summed E-state index contributed by atoms with van der Waals surface area (Å²) in [6, 6.07) is 10.5. The van der Waals surface area contributed by atoms with Crippen molar-refractivity contribution in [3.8, 4) is 11.5 Å². The standard InChI is InChI=1S/C16H19NO2S/c1-18-12-7-8-14(19-2)13(10-12)17-16(11-5-6-11)15-4-3-9-20-15/h3-4,7-11,16-17H,5-6H2,1-2H3. The van der Waals surface area contributed by atoms with Crippen LogP contribution < -0.4 is 14.8 Å². The van der Waals surface area contributed by atoms with Crippen molar-refractivity contribution in [2.45, 2.75) is 18.9 Å². The zero-order chi connectivity index (χ0) is 13.9. The molecule has 0 aliphatic heterocycles. The van der Waals surface area contributed by atoms with Gasteiger partial charge in [0.2, 0.25) is 0 Å². The second kappa shape index (κ2) is 5.75. The van der Waals surface area contributed by atoms with E-state index in [1.54, 1.807) is 14.2 Å². The van der Waals surface area contributed by atoms with E-state index in [1.807, 2.05) is 29.5 Å². The van der Waals surface area contributed by atoms with Gasteiger partial charge in [0.1, 0.15) is 11.5 Å². The van der Waals surface area contributed by atoms with Crippen LogP contribution in [0.2, 0.25) is 0 Å². The van der Waals surface area contributed by atoms with Crippen LogP contribution >= 0.6 is 11.3 Å². The third kappa shape index (κ3) is 2.75. The number of hydrogen-bond donors (Lipinski definition) is 1. The molecule has 1 aliphatic rings. The summed E-state index contributed by atoms with van der Waals surface area (Å²) >= 11 is 1.81. The van der Waals surface area contributed by atoms with Crippen LogP contribution in [0.4, 0.5) is 5.69 Å². The van der Waals surface area contributed by atoms with Crippen LogP contribution in [-0.4, -0.2) is 14.2 Å². The first-order chi connectivity index (χ1) is 9.81. The summed E-state index contributed by atoms with van der Waals surface area (Å²) in [7, 11) is 3.38. The maximum absolute atomic E-state index is 5.45. The average Bonchev–Trinajstić information content (AvgIpc) is 3.18. The Balaban J connectivity index is 1.88. The third-order valence-corrected chi connectivity index (χ3v) is 4.62. The molecule has 1 atom stereocenters. The monoisotopic (exact) mass is 289 g/mol. The van der Waals surface area contributed by atoms with Crippen molar-refractivity contribution < 1.29 is 9.47 Å². The molecule has 20 heavy (non-hydrogen) atoms. The number of ether oxygens (including phenoxy) is 2. The molecule has 0 bridgehead atoms. The molecule has 1 aromatic heterocycles. The zero-order valence-corrected chi connectivity index (χ0v) is 12.6. The molecule has 1 aliphatic carbocycles. The largest absolute Gasteiger partial charge is 0.497 e. The first-order valence-electron chi connectivity index (χ1n) is 6.84. The van der Waals surface area contributed by atoms with E-state index in [4.69, 9.17) is 9.47 Å². The van der Waals surface area contributed by atoms with Crippen molar-refractivity contribution in [1.29, 1.82) is 0 Å². The predicted octanol–water partition coefficient (Wildman–Crippen LogP) is 4.33. The highest BCUT2D eigenvalue weighted by molar-refractivity contribution is 7.10. The van der Waals surface area contributed by atoms with Gasteiger partial charge < -0.3 is 14.8 Å². The van der Waals surface area contributed by atoms with E-state index in [-0.39, 0.29) is 0 Å². The van der Waals surface area contributed by atoms with Gasteiger partial charge in [-0.25, -0.2) is 0 Å². The predicted molar refractivity (Wildman–Crippen MR) is 83.0 cm³/mol. The molecule has 106 valence electrons. The lowest BCUT2D eigenvalue weighted by Crippen LogP contribution is -2.12. The van der Waals surface area contributed by atoms with E-state index in [2.05, 4.69) is 22.8 Å². The summed E-state index contributed by atoms with van der Waals surface area (Å²) in [6.07, 6.45) is 2.59. The molecule has 0 radical (unpaired) electrons. The minimum absolute atomic E-state index is 0.371. The van der Waals surface area contributed by atoms with E-state index >= 15 is 0 Å². The van der Waals surface area contributed by atoms with Crippen molar-refractivity contribution in [2.24, 2.45) is 5.92 Å². The Hall–Kier alpha value is -1.68. The van der Waals surface area contributed by atoms with Gasteiger partial charge in [-0.05, 0) is 42.3 Å². The van der Waals surface area contributed by atoms with Crippen LogP contribution in [-0.2, 0) is 0 Å². The number of rotatable bonds is 6. The first-order valence-corrected chi connectivity index (χ1v) is 7.71. The summed E-state index contributed by atoms with van der Waals surface area (Å²) in [6.45, 7) is 0. The third-order valence-electron chi connectivity index (χ3n) is 3.66. The molecule has 1 N–H and O–H groups in total. The molecule has 1 saturated carbocycles. The van der Waals surface area contributed by atoms with E-state index in [9.17, 15) is 0 Å². The molecule has 1 fully saturated rings. The summed E-state index contributed by atoms with van der Waals surface area (Å²) in [5.74, 6) is 2.42. The molecule has 2 aromatic rings. The maximum Gasteiger partial charge on any atom is 0.142 e. The van der Waals surface area contributed by atoms with Crippen LogP contribution in [0.25, 0.3) is 0 Å². The minimum Gasteiger partial charge on any atom is -0.497 e. The van der Waals surface area contributed by atoms with Crippen molar-refractivity contribution in [3.05, 3.63) is 40.6 Å². The Morgan fingerprint density at radius 3 is 2.65 bits per heavy atom. The Morgan fingerprint density at radius 1 is 1.20 bits per heavy atom. The average molecular weight is 289 g/mol. The number of benzene rings is 1. The van der Waals surface area contributed by atoms with Crippen LogP contribution in [0.5, 0.6) is 11.5 Å². The fourth-order valence-electron chi connectivity index (χ4n) is 2.41. The quantitative estimate of drug-likeness (QED) is 0.858. The highest BCUT2D eigenvalue weighted by atomic mass is 32.1. The van der Waals surface area contributed by atoms with Crippen LogP contribution in [0, 0.1) is 5.92 Å². The van der Waals surface area contributed by atoms with Gasteiger partial charge in [0.15, 0.2) is 0 Å². The summed E-state index contributed by atoms with van der Waals surface area (Å²) < 4.78 is 10.8. The number of thiophene rings is 1. The Kier molecular flexibility index (Phi) is 3.83. The van der Waals surface area contributed by atoms with Gasteiger partial charge >= 0.3 is 0 Å². The van der Waals surface area contributed by atoms with Gasteiger partial charge in [-0.3, -0.25) is 0 Å². The maximum atomic E-state index is 5.45. The Bertz CT molecular complexity index is 564. The van der Waals surface area contributed by atoms with E-state index in [1.165, 1.54) is 17.7 Å². The lowest BCUT2D eigenvalue weighted by Gasteiger charge is -2.20. The molecule has 3 nitrogen and oxygen atoms in total. The van der Waals surface area contributed by atoms with Gasteiger partial charge in [0.25, 0.3) is 0 Å². The van der Waals surface area contributed by atoms with Gasteiger partial charge in [0, 0.05) is 10.9 Å². The highest BCUT2D eigenvalue weighted by Crippen LogP contribution is 2.45. The molecule has 0 amide bonds. The SMILES string of the molecule is COc1ccc(OC)c(NC(c2cccs2)C2CC2)c1. The van der Waals surface area contributed by atoms with Crippen molar-refractivity contribution in [3.63, 3.8) is 0 Å². The summed E-state index contributed by atoms with van der Waals surface area (Å²) in [5, 5.41) is 5.78. The van der Waals surface area contributed by atoms with E-state index in [0.29, 0.717) is 6.04 Å². The Morgan fingerprint density at radius 2 is 2.05 bits per heavy atom. The molecular formula is C16H19NO2S. The lowest BCUT2D eigenvalue weighted by atomic mass is 10.1. The molecular weight excluding hydrogens is 270 g/mol. The highest BCUT2D eigenvalue weighted by Gasteiger charge is 2.33. The number of hydrogen-bond acceptors (Lipinski definition) is 4. The zero-order valence-electron chi connectivity index (χ0n) is 11.8. The molecule has 1 aromatic carbocycles. The second-order valence-corrected chi connectivity index (χ2v) is 6.02.